The van der Waals surface area contributed by atoms with Crippen LogP contribution in [0, 0.1) is 0 Å². The molecule has 0 radical (unpaired) electrons. The summed E-state index contributed by atoms with van der Waals surface area (Å²) >= 11 is 0. The number of rotatable bonds is 11. The molecule has 1 unspecified atom stereocenters. The van der Waals surface area contributed by atoms with Crippen molar-refractivity contribution in [3.8, 4) is 0 Å². The second-order valence-electron chi connectivity index (χ2n) is 7.03. The molecule has 0 heterocycles. The minimum atomic E-state index is -3.00. The van der Waals surface area contributed by atoms with Gasteiger partial charge in [0.15, 0.2) is 15.8 Å². The van der Waals surface area contributed by atoms with Crippen molar-refractivity contribution in [3.63, 3.8) is 0 Å². The number of aliphatic imine (C=N–C) groups is 1. The normalized spacial score (nSPS) is 13.1. The third-order valence-corrected chi connectivity index (χ3v) is 5.38. The minimum absolute atomic E-state index is 0. The van der Waals surface area contributed by atoms with Crippen molar-refractivity contribution in [2.24, 2.45) is 4.99 Å². The molecule has 8 heteroatoms. The highest BCUT2D eigenvalue weighted by Gasteiger charge is 2.07. The fourth-order valence-corrected chi connectivity index (χ4v) is 3.70. The summed E-state index contributed by atoms with van der Waals surface area (Å²) in [6, 6.07) is 7.99. The number of benzene rings is 1. The molecule has 0 aliphatic rings. The van der Waals surface area contributed by atoms with Crippen molar-refractivity contribution >= 4 is 39.8 Å². The van der Waals surface area contributed by atoms with E-state index in [1.54, 1.807) is 7.05 Å². The second kappa shape index (κ2) is 14.2. The molecule has 0 aromatic heterocycles. The third kappa shape index (κ3) is 11.9. The lowest BCUT2D eigenvalue weighted by Gasteiger charge is -2.21. The summed E-state index contributed by atoms with van der Waals surface area (Å²) in [6.07, 6.45) is 3.51. The fraction of sp³-hybridized carbons (Fsp3) is 0.650. The Labute approximate surface area is 188 Å². The molecule has 0 saturated carbocycles. The van der Waals surface area contributed by atoms with E-state index < -0.39 is 9.84 Å². The predicted molar refractivity (Wildman–Crippen MR) is 130 cm³/mol. The van der Waals surface area contributed by atoms with Crippen molar-refractivity contribution in [2.75, 3.05) is 32.9 Å². The topological polar surface area (TPSA) is 73.8 Å². The van der Waals surface area contributed by atoms with Gasteiger partial charge in [0, 0.05) is 25.9 Å². The minimum Gasteiger partial charge on any atom is -0.354 e. The summed E-state index contributed by atoms with van der Waals surface area (Å²) in [5.41, 5.74) is 1.90. The van der Waals surface area contributed by atoms with Gasteiger partial charge in [0.1, 0.15) is 0 Å². The van der Waals surface area contributed by atoms with E-state index in [2.05, 4.69) is 41.3 Å². The van der Waals surface area contributed by atoms with Gasteiger partial charge in [-0.05, 0) is 50.5 Å². The summed E-state index contributed by atoms with van der Waals surface area (Å²) in [5.74, 6) is 0.861. The van der Waals surface area contributed by atoms with Crippen LogP contribution in [0.25, 0.3) is 0 Å². The zero-order valence-corrected chi connectivity index (χ0v) is 21.0. The molecule has 1 rings (SSSR count). The number of hydrogen-bond acceptors (Lipinski definition) is 4. The standard InChI is InChI=1S/C20H36N4O2S.HI/c1-6-24(7-2)14-8-9-17(3)23-20(21-4)22-15-18-10-12-19(13-11-18)16-27(5,25)26;/h10-13,17H,6-9,14-16H2,1-5H3,(H2,21,22,23);1H. The number of nitrogens with zero attached hydrogens (tertiary/aromatic N) is 2. The Hall–Kier alpha value is -0.870. The highest BCUT2D eigenvalue weighted by molar-refractivity contribution is 14.0. The van der Waals surface area contributed by atoms with Gasteiger partial charge in [-0.2, -0.15) is 0 Å². The van der Waals surface area contributed by atoms with Crippen LogP contribution in [-0.2, 0) is 22.1 Å². The van der Waals surface area contributed by atoms with Crippen molar-refractivity contribution in [3.05, 3.63) is 35.4 Å². The van der Waals surface area contributed by atoms with E-state index >= 15 is 0 Å². The molecule has 6 nitrogen and oxygen atoms in total. The molecule has 1 aromatic rings. The van der Waals surface area contributed by atoms with E-state index in [1.807, 2.05) is 24.3 Å². The van der Waals surface area contributed by atoms with Crippen LogP contribution in [0.15, 0.2) is 29.3 Å². The zero-order chi connectivity index (χ0) is 20.3. The van der Waals surface area contributed by atoms with E-state index in [0.29, 0.717) is 12.6 Å². The van der Waals surface area contributed by atoms with E-state index in [-0.39, 0.29) is 29.7 Å². The predicted octanol–water partition coefficient (Wildman–Crippen LogP) is 3.02. The maximum atomic E-state index is 11.3. The van der Waals surface area contributed by atoms with Crippen molar-refractivity contribution in [1.29, 1.82) is 0 Å². The van der Waals surface area contributed by atoms with Gasteiger partial charge >= 0.3 is 0 Å². The third-order valence-electron chi connectivity index (χ3n) is 4.52. The van der Waals surface area contributed by atoms with Gasteiger partial charge in [-0.1, -0.05) is 38.1 Å². The van der Waals surface area contributed by atoms with Gasteiger partial charge in [0.2, 0.25) is 0 Å². The molecule has 1 atom stereocenters. The van der Waals surface area contributed by atoms with Crippen LogP contribution in [-0.4, -0.2) is 58.3 Å². The Kier molecular flexibility index (Phi) is 13.7. The van der Waals surface area contributed by atoms with Crippen LogP contribution in [0.3, 0.4) is 0 Å². The maximum absolute atomic E-state index is 11.3. The Morgan fingerprint density at radius 3 is 2.21 bits per heavy atom. The molecule has 28 heavy (non-hydrogen) atoms. The van der Waals surface area contributed by atoms with E-state index in [0.717, 1.165) is 49.6 Å². The maximum Gasteiger partial charge on any atom is 0.191 e. The van der Waals surface area contributed by atoms with Crippen LogP contribution < -0.4 is 10.6 Å². The number of sulfone groups is 1. The Morgan fingerprint density at radius 1 is 1.14 bits per heavy atom. The largest absolute Gasteiger partial charge is 0.354 e. The molecule has 0 fully saturated rings. The highest BCUT2D eigenvalue weighted by Crippen LogP contribution is 2.08. The lowest BCUT2D eigenvalue weighted by atomic mass is 10.1. The molecule has 0 amide bonds. The summed E-state index contributed by atoms with van der Waals surface area (Å²) in [6.45, 7) is 10.6. The van der Waals surface area contributed by atoms with Crippen LogP contribution in [0.1, 0.15) is 44.7 Å². The van der Waals surface area contributed by atoms with Crippen LogP contribution in [0.2, 0.25) is 0 Å². The van der Waals surface area contributed by atoms with Crippen LogP contribution in [0.5, 0.6) is 0 Å². The summed E-state index contributed by atoms with van der Waals surface area (Å²) in [5, 5.41) is 6.75. The summed E-state index contributed by atoms with van der Waals surface area (Å²) in [7, 11) is -1.23. The first-order valence-corrected chi connectivity index (χ1v) is 11.8. The smallest absolute Gasteiger partial charge is 0.191 e. The Bertz CT molecular complexity index is 674. The quantitative estimate of drug-likeness (QED) is 0.265. The number of nitrogens with one attached hydrogen (secondary N) is 2. The number of hydrogen-bond donors (Lipinski definition) is 2. The van der Waals surface area contributed by atoms with Crippen molar-refractivity contribution < 1.29 is 8.42 Å². The van der Waals surface area contributed by atoms with Gasteiger partial charge in [0.25, 0.3) is 0 Å². The molecular weight excluding hydrogens is 487 g/mol. The number of halogens is 1. The van der Waals surface area contributed by atoms with E-state index in [9.17, 15) is 8.42 Å². The molecule has 0 saturated heterocycles. The fourth-order valence-electron chi connectivity index (χ4n) is 2.90. The SMILES string of the molecule is CCN(CC)CCCC(C)NC(=NC)NCc1ccc(CS(C)(=O)=O)cc1.I. The average molecular weight is 525 g/mol. The molecular formula is C20H37IN4O2S. The molecule has 2 N–H and O–H groups in total. The molecule has 0 aliphatic carbocycles. The van der Waals surface area contributed by atoms with E-state index in [4.69, 9.17) is 0 Å². The molecule has 0 bridgehead atoms. The van der Waals surface area contributed by atoms with Gasteiger partial charge in [-0.15, -0.1) is 24.0 Å². The molecule has 162 valence electrons. The highest BCUT2D eigenvalue weighted by atomic mass is 127. The lowest BCUT2D eigenvalue weighted by Crippen LogP contribution is -2.42. The lowest BCUT2D eigenvalue weighted by molar-refractivity contribution is 0.292. The van der Waals surface area contributed by atoms with Gasteiger partial charge in [0.05, 0.1) is 5.75 Å². The molecule has 0 aliphatic heterocycles. The first kappa shape index (κ1) is 27.1. The van der Waals surface area contributed by atoms with Crippen LogP contribution in [0.4, 0.5) is 0 Å². The second-order valence-corrected chi connectivity index (χ2v) is 9.17. The van der Waals surface area contributed by atoms with Crippen molar-refractivity contribution in [1.82, 2.24) is 15.5 Å². The van der Waals surface area contributed by atoms with Crippen LogP contribution >= 0.6 is 24.0 Å². The Balaban J connectivity index is 0.00000729. The first-order chi connectivity index (χ1) is 12.8. The zero-order valence-electron chi connectivity index (χ0n) is 17.9. The van der Waals surface area contributed by atoms with Gasteiger partial charge in [-0.3, -0.25) is 4.99 Å². The average Bonchev–Trinajstić information content (AvgIpc) is 2.62. The summed E-state index contributed by atoms with van der Waals surface area (Å²) < 4.78 is 22.7. The van der Waals surface area contributed by atoms with E-state index in [1.165, 1.54) is 6.26 Å². The Morgan fingerprint density at radius 2 is 1.71 bits per heavy atom. The van der Waals surface area contributed by atoms with Crippen molar-refractivity contribution in [2.45, 2.75) is 52.0 Å². The first-order valence-electron chi connectivity index (χ1n) is 9.72. The van der Waals surface area contributed by atoms with Gasteiger partial charge in [-0.25, -0.2) is 8.42 Å². The van der Waals surface area contributed by atoms with Gasteiger partial charge < -0.3 is 15.5 Å². The number of guanidine groups is 1. The molecule has 1 aromatic carbocycles. The summed E-state index contributed by atoms with van der Waals surface area (Å²) in [4.78, 5) is 6.73. The molecule has 0 spiro atoms. The monoisotopic (exact) mass is 524 g/mol.